The van der Waals surface area contributed by atoms with E-state index in [-0.39, 0.29) is 30.9 Å². The van der Waals surface area contributed by atoms with Crippen molar-refractivity contribution in [3.63, 3.8) is 0 Å². The maximum atomic E-state index is 12.4. The molecule has 0 bridgehead atoms. The van der Waals surface area contributed by atoms with Gasteiger partial charge in [-0.2, -0.15) is 0 Å². The standard InChI is InChI=1S/C17H29N3O3S.2ClH/c1-14(2)23-17-6-5-16(13-15(17)3)24(21,22)19-7-4-10-20-11-8-18-9-12-20;;/h5-6,13-14,18-19H,4,7-12H2,1-3H3;2*1H. The number of hydrogen-bond donors (Lipinski definition) is 2. The number of sulfonamides is 1. The van der Waals surface area contributed by atoms with Crippen LogP contribution in [0.25, 0.3) is 0 Å². The van der Waals surface area contributed by atoms with E-state index >= 15 is 0 Å². The van der Waals surface area contributed by atoms with E-state index in [2.05, 4.69) is 14.9 Å². The third-order valence-corrected chi connectivity index (χ3v) is 5.43. The molecule has 2 rings (SSSR count). The van der Waals surface area contributed by atoms with Crippen molar-refractivity contribution >= 4 is 34.8 Å². The van der Waals surface area contributed by atoms with Gasteiger partial charge in [-0.05, 0) is 57.5 Å². The van der Waals surface area contributed by atoms with Crippen molar-refractivity contribution in [1.29, 1.82) is 0 Å². The summed E-state index contributed by atoms with van der Waals surface area (Å²) in [6, 6.07) is 4.99. The van der Waals surface area contributed by atoms with Gasteiger partial charge in [0.1, 0.15) is 5.75 Å². The van der Waals surface area contributed by atoms with Crippen LogP contribution in [0, 0.1) is 6.92 Å². The Morgan fingerprint density at radius 2 is 1.88 bits per heavy atom. The van der Waals surface area contributed by atoms with Crippen LogP contribution < -0.4 is 14.8 Å². The van der Waals surface area contributed by atoms with Crippen LogP contribution in [0.5, 0.6) is 5.75 Å². The first kappa shape index (κ1) is 25.4. The summed E-state index contributed by atoms with van der Waals surface area (Å²) in [5, 5.41) is 3.31. The zero-order chi connectivity index (χ0) is 17.6. The molecule has 1 aliphatic heterocycles. The maximum Gasteiger partial charge on any atom is 0.240 e. The molecule has 0 atom stereocenters. The first-order chi connectivity index (χ1) is 11.4. The smallest absolute Gasteiger partial charge is 0.240 e. The molecule has 26 heavy (non-hydrogen) atoms. The minimum atomic E-state index is -3.47. The van der Waals surface area contributed by atoms with Crippen LogP contribution in [0.2, 0.25) is 0 Å². The summed E-state index contributed by atoms with van der Waals surface area (Å²) in [5.74, 6) is 0.725. The highest BCUT2D eigenvalue weighted by atomic mass is 35.5. The average molecular weight is 428 g/mol. The number of benzene rings is 1. The Morgan fingerprint density at radius 3 is 2.46 bits per heavy atom. The number of aryl methyl sites for hydroxylation is 1. The molecule has 6 nitrogen and oxygen atoms in total. The van der Waals surface area contributed by atoms with Crippen LogP contribution in [-0.2, 0) is 10.0 Å². The van der Waals surface area contributed by atoms with E-state index in [1.54, 1.807) is 18.2 Å². The molecular formula is C17H31Cl2N3O3S. The summed E-state index contributed by atoms with van der Waals surface area (Å²) in [6.07, 6.45) is 0.876. The molecule has 2 N–H and O–H groups in total. The van der Waals surface area contributed by atoms with Gasteiger partial charge in [-0.3, -0.25) is 0 Å². The van der Waals surface area contributed by atoms with Crippen molar-refractivity contribution in [3.05, 3.63) is 23.8 Å². The maximum absolute atomic E-state index is 12.4. The number of rotatable bonds is 8. The van der Waals surface area contributed by atoms with Gasteiger partial charge < -0.3 is 15.0 Å². The van der Waals surface area contributed by atoms with Crippen LogP contribution in [0.3, 0.4) is 0 Å². The Bertz CT molecular complexity index is 636. The van der Waals surface area contributed by atoms with Gasteiger partial charge in [-0.1, -0.05) is 0 Å². The molecule has 1 saturated heterocycles. The molecular weight excluding hydrogens is 397 g/mol. The third kappa shape index (κ3) is 7.98. The zero-order valence-corrected chi connectivity index (χ0v) is 18.1. The molecule has 0 amide bonds. The SMILES string of the molecule is Cc1cc(S(=O)(=O)NCCCN2CCNCC2)ccc1OC(C)C.Cl.Cl. The van der Waals surface area contributed by atoms with E-state index in [1.807, 2.05) is 20.8 Å². The Hall–Kier alpha value is -0.570. The van der Waals surface area contributed by atoms with Crippen LogP contribution in [-0.4, -0.2) is 58.7 Å². The fraction of sp³-hybridized carbons (Fsp3) is 0.647. The highest BCUT2D eigenvalue weighted by molar-refractivity contribution is 7.89. The quantitative estimate of drug-likeness (QED) is 0.622. The number of halogens is 2. The number of nitrogens with zero attached hydrogens (tertiary/aromatic N) is 1. The lowest BCUT2D eigenvalue weighted by Gasteiger charge is -2.27. The average Bonchev–Trinajstić information content (AvgIpc) is 2.54. The van der Waals surface area contributed by atoms with Crippen molar-refractivity contribution in [2.45, 2.75) is 38.2 Å². The van der Waals surface area contributed by atoms with Crippen molar-refractivity contribution in [3.8, 4) is 5.75 Å². The Morgan fingerprint density at radius 1 is 1.23 bits per heavy atom. The van der Waals surface area contributed by atoms with E-state index in [1.165, 1.54) is 0 Å². The zero-order valence-electron chi connectivity index (χ0n) is 15.7. The highest BCUT2D eigenvalue weighted by Gasteiger charge is 2.16. The fourth-order valence-corrected chi connectivity index (χ4v) is 3.86. The molecule has 0 unspecified atom stereocenters. The van der Waals surface area contributed by atoms with E-state index in [4.69, 9.17) is 4.74 Å². The number of hydrogen-bond acceptors (Lipinski definition) is 5. The van der Waals surface area contributed by atoms with E-state index in [9.17, 15) is 8.42 Å². The Balaban J connectivity index is 0.00000312. The van der Waals surface area contributed by atoms with Crippen LogP contribution >= 0.6 is 24.8 Å². The minimum Gasteiger partial charge on any atom is -0.491 e. The normalized spacial score (nSPS) is 15.2. The summed E-state index contributed by atoms with van der Waals surface area (Å²) in [5.41, 5.74) is 0.826. The molecule has 1 aromatic carbocycles. The van der Waals surface area contributed by atoms with Gasteiger partial charge in [0.2, 0.25) is 10.0 Å². The van der Waals surface area contributed by atoms with Gasteiger partial charge in [0, 0.05) is 32.7 Å². The largest absolute Gasteiger partial charge is 0.491 e. The van der Waals surface area contributed by atoms with Gasteiger partial charge >= 0.3 is 0 Å². The van der Waals surface area contributed by atoms with Crippen molar-refractivity contribution < 1.29 is 13.2 Å². The van der Waals surface area contributed by atoms with Gasteiger partial charge in [0.25, 0.3) is 0 Å². The van der Waals surface area contributed by atoms with Crippen molar-refractivity contribution in [1.82, 2.24) is 14.9 Å². The van der Waals surface area contributed by atoms with Crippen molar-refractivity contribution in [2.75, 3.05) is 39.3 Å². The first-order valence-corrected chi connectivity index (χ1v) is 10.1. The third-order valence-electron chi connectivity index (χ3n) is 3.97. The number of piperazine rings is 1. The lowest BCUT2D eigenvalue weighted by Crippen LogP contribution is -2.44. The number of ether oxygens (including phenoxy) is 1. The van der Waals surface area contributed by atoms with Crippen LogP contribution in [0.15, 0.2) is 23.1 Å². The van der Waals surface area contributed by atoms with Crippen LogP contribution in [0.4, 0.5) is 0 Å². The van der Waals surface area contributed by atoms with E-state index < -0.39 is 10.0 Å². The second-order valence-corrected chi connectivity index (χ2v) is 8.20. The van der Waals surface area contributed by atoms with E-state index in [0.29, 0.717) is 11.4 Å². The molecule has 1 heterocycles. The second kappa shape index (κ2) is 12.0. The Labute approximate surface area is 169 Å². The molecule has 1 fully saturated rings. The molecule has 0 radical (unpaired) electrons. The lowest BCUT2D eigenvalue weighted by molar-refractivity contribution is 0.239. The summed E-state index contributed by atoms with van der Waals surface area (Å²) < 4.78 is 33.1. The number of nitrogens with one attached hydrogen (secondary N) is 2. The topological polar surface area (TPSA) is 70.7 Å². The molecule has 0 spiro atoms. The first-order valence-electron chi connectivity index (χ1n) is 8.58. The molecule has 0 saturated carbocycles. The Kier molecular flexibility index (Phi) is 11.7. The van der Waals surface area contributed by atoms with E-state index in [0.717, 1.165) is 50.5 Å². The predicted octanol–water partition coefficient (Wildman–Crippen LogP) is 2.20. The second-order valence-electron chi connectivity index (χ2n) is 6.44. The molecule has 1 aliphatic rings. The molecule has 1 aromatic rings. The monoisotopic (exact) mass is 427 g/mol. The molecule has 152 valence electrons. The van der Waals surface area contributed by atoms with Gasteiger partial charge in [-0.25, -0.2) is 13.1 Å². The van der Waals surface area contributed by atoms with Gasteiger partial charge in [-0.15, -0.1) is 24.8 Å². The summed E-state index contributed by atoms with van der Waals surface area (Å²) in [7, 11) is -3.47. The van der Waals surface area contributed by atoms with Gasteiger partial charge in [0.15, 0.2) is 0 Å². The molecule has 9 heteroatoms. The fourth-order valence-electron chi connectivity index (χ4n) is 2.70. The molecule has 0 aromatic heterocycles. The predicted molar refractivity (Wildman–Crippen MR) is 111 cm³/mol. The van der Waals surface area contributed by atoms with Crippen molar-refractivity contribution in [2.24, 2.45) is 0 Å². The highest BCUT2D eigenvalue weighted by Crippen LogP contribution is 2.22. The lowest BCUT2D eigenvalue weighted by atomic mass is 10.2. The minimum absolute atomic E-state index is 0. The van der Waals surface area contributed by atoms with Gasteiger partial charge in [0.05, 0.1) is 11.0 Å². The molecule has 0 aliphatic carbocycles. The summed E-state index contributed by atoms with van der Waals surface area (Å²) in [6.45, 7) is 11.2. The summed E-state index contributed by atoms with van der Waals surface area (Å²) in [4.78, 5) is 2.64. The summed E-state index contributed by atoms with van der Waals surface area (Å²) >= 11 is 0. The van der Waals surface area contributed by atoms with Crippen LogP contribution in [0.1, 0.15) is 25.8 Å².